The largest absolute Gasteiger partial charge is 0.308 e. The summed E-state index contributed by atoms with van der Waals surface area (Å²) in [6.07, 6.45) is 0. The highest BCUT2D eigenvalue weighted by Gasteiger charge is 2.22. The van der Waals surface area contributed by atoms with Crippen LogP contribution in [0.15, 0.2) is 140 Å². The Kier molecular flexibility index (Phi) is 4.86. The van der Waals surface area contributed by atoms with Gasteiger partial charge in [0.05, 0.1) is 16.9 Å². The Bertz CT molecular complexity index is 1530. The lowest BCUT2D eigenvalue weighted by molar-refractivity contribution is 1.14. The first-order valence-electron chi connectivity index (χ1n) is 11.3. The first-order valence-corrected chi connectivity index (χ1v) is 11.3. The van der Waals surface area contributed by atoms with E-state index in [1.807, 2.05) is 0 Å². The summed E-state index contributed by atoms with van der Waals surface area (Å²) in [7, 11) is 0. The Morgan fingerprint density at radius 1 is 0.394 bits per heavy atom. The molecule has 0 spiro atoms. The van der Waals surface area contributed by atoms with Crippen LogP contribution in [0.1, 0.15) is 0 Å². The molecule has 0 bridgehead atoms. The van der Waals surface area contributed by atoms with Crippen molar-refractivity contribution in [2.75, 3.05) is 0 Å². The van der Waals surface area contributed by atoms with Crippen molar-refractivity contribution in [3.05, 3.63) is 140 Å². The fourth-order valence-corrected chi connectivity index (χ4v) is 4.79. The van der Waals surface area contributed by atoms with Gasteiger partial charge in [-0.25, -0.2) is 0 Å². The summed E-state index contributed by atoms with van der Waals surface area (Å²) in [4.78, 5) is 0. The number of rotatable bonds is 4. The average Bonchev–Trinajstić information content (AvgIpc) is 3.25. The van der Waals surface area contributed by atoms with Crippen LogP contribution in [0, 0.1) is 0 Å². The van der Waals surface area contributed by atoms with E-state index >= 15 is 0 Å². The van der Waals surface area contributed by atoms with Gasteiger partial charge in [0, 0.05) is 16.5 Å². The van der Waals surface area contributed by atoms with Crippen molar-refractivity contribution in [3.8, 4) is 39.2 Å². The van der Waals surface area contributed by atoms with Crippen LogP contribution in [-0.2, 0) is 0 Å². The monoisotopic (exact) mass is 421 g/mol. The highest BCUT2D eigenvalue weighted by Crippen LogP contribution is 2.44. The molecule has 6 aromatic rings. The van der Waals surface area contributed by atoms with Gasteiger partial charge in [0.1, 0.15) is 0 Å². The standard InChI is InChI=1S/C32H23N/c1-4-14-24(15-5-1)27-20-10-12-22-29(27)33-30-23-13-11-21-28(30)31(25-16-6-2-7-17-25)32(33)26-18-8-3-9-19-26/h1-23H. The fourth-order valence-electron chi connectivity index (χ4n) is 4.79. The van der Waals surface area contributed by atoms with Crippen molar-refractivity contribution in [1.82, 2.24) is 4.57 Å². The molecule has 156 valence electrons. The van der Waals surface area contributed by atoms with Gasteiger partial charge in [0.2, 0.25) is 0 Å². The Labute approximate surface area is 194 Å². The first-order chi connectivity index (χ1) is 16.4. The molecule has 1 heteroatoms. The minimum absolute atomic E-state index is 1.18. The van der Waals surface area contributed by atoms with Crippen LogP contribution in [0.5, 0.6) is 0 Å². The van der Waals surface area contributed by atoms with E-state index in [1.54, 1.807) is 0 Å². The summed E-state index contributed by atoms with van der Waals surface area (Å²) in [5.74, 6) is 0. The number of fused-ring (bicyclic) bond motifs is 1. The molecule has 0 aliphatic rings. The maximum absolute atomic E-state index is 2.44. The molecule has 0 amide bonds. The van der Waals surface area contributed by atoms with Crippen molar-refractivity contribution in [1.29, 1.82) is 0 Å². The van der Waals surface area contributed by atoms with Crippen LogP contribution in [0.4, 0.5) is 0 Å². The Morgan fingerprint density at radius 3 is 1.61 bits per heavy atom. The zero-order valence-electron chi connectivity index (χ0n) is 18.2. The summed E-state index contributed by atoms with van der Waals surface area (Å²) < 4.78 is 2.44. The second-order valence-electron chi connectivity index (χ2n) is 8.19. The zero-order chi connectivity index (χ0) is 22.0. The van der Waals surface area contributed by atoms with Crippen LogP contribution in [0.2, 0.25) is 0 Å². The van der Waals surface area contributed by atoms with E-state index in [9.17, 15) is 0 Å². The molecule has 1 nitrogen and oxygen atoms in total. The van der Waals surface area contributed by atoms with Crippen LogP contribution in [0.3, 0.4) is 0 Å². The third kappa shape index (κ3) is 3.35. The second kappa shape index (κ2) is 8.29. The number of benzene rings is 5. The van der Waals surface area contributed by atoms with Gasteiger partial charge in [-0.2, -0.15) is 0 Å². The number of hydrogen-bond acceptors (Lipinski definition) is 0. The van der Waals surface area contributed by atoms with E-state index in [0.717, 1.165) is 0 Å². The molecule has 33 heavy (non-hydrogen) atoms. The molecule has 0 atom stereocenters. The molecule has 0 unspecified atom stereocenters. The van der Waals surface area contributed by atoms with Gasteiger partial charge in [-0.15, -0.1) is 0 Å². The van der Waals surface area contributed by atoms with Crippen molar-refractivity contribution in [2.45, 2.75) is 0 Å². The topological polar surface area (TPSA) is 4.93 Å². The van der Waals surface area contributed by atoms with E-state index in [4.69, 9.17) is 0 Å². The number of aromatic nitrogens is 1. The van der Waals surface area contributed by atoms with E-state index in [1.165, 1.54) is 50.1 Å². The summed E-state index contributed by atoms with van der Waals surface area (Å²) in [6, 6.07) is 49.6. The molecule has 0 aliphatic carbocycles. The maximum Gasteiger partial charge on any atom is 0.0619 e. The Balaban J connectivity index is 1.77. The second-order valence-corrected chi connectivity index (χ2v) is 8.19. The number of hydrogen-bond donors (Lipinski definition) is 0. The van der Waals surface area contributed by atoms with Gasteiger partial charge < -0.3 is 4.57 Å². The number of para-hydroxylation sites is 2. The molecule has 1 heterocycles. The Hall–Kier alpha value is -4.36. The van der Waals surface area contributed by atoms with E-state index in [2.05, 4.69) is 144 Å². The van der Waals surface area contributed by atoms with Crippen LogP contribution in [-0.4, -0.2) is 4.57 Å². The molecule has 0 fully saturated rings. The molecular formula is C32H23N. The highest BCUT2D eigenvalue weighted by molar-refractivity contribution is 6.06. The van der Waals surface area contributed by atoms with Gasteiger partial charge in [-0.05, 0) is 28.8 Å². The lowest BCUT2D eigenvalue weighted by Gasteiger charge is -2.17. The minimum atomic E-state index is 1.18. The molecule has 0 radical (unpaired) electrons. The molecule has 0 aliphatic heterocycles. The molecule has 0 saturated heterocycles. The lowest BCUT2D eigenvalue weighted by Crippen LogP contribution is -2.00. The van der Waals surface area contributed by atoms with Gasteiger partial charge in [0.25, 0.3) is 0 Å². The normalized spacial score (nSPS) is 11.0. The average molecular weight is 422 g/mol. The quantitative estimate of drug-likeness (QED) is 0.268. The minimum Gasteiger partial charge on any atom is -0.308 e. The van der Waals surface area contributed by atoms with Crippen molar-refractivity contribution in [3.63, 3.8) is 0 Å². The van der Waals surface area contributed by atoms with Crippen molar-refractivity contribution < 1.29 is 0 Å². The highest BCUT2D eigenvalue weighted by atomic mass is 15.0. The maximum atomic E-state index is 2.44. The summed E-state index contributed by atoms with van der Waals surface area (Å²) in [5, 5.41) is 1.26. The predicted octanol–water partition coefficient (Wildman–Crippen LogP) is 8.63. The molecule has 0 N–H and O–H groups in total. The van der Waals surface area contributed by atoms with E-state index < -0.39 is 0 Å². The van der Waals surface area contributed by atoms with Crippen LogP contribution < -0.4 is 0 Å². The SMILES string of the molecule is c1ccc(-c2ccccc2-n2c(-c3ccccc3)c(-c3ccccc3)c3ccccc32)cc1. The van der Waals surface area contributed by atoms with Crippen LogP contribution >= 0.6 is 0 Å². The Morgan fingerprint density at radius 2 is 0.909 bits per heavy atom. The third-order valence-electron chi connectivity index (χ3n) is 6.21. The molecule has 1 aromatic heterocycles. The third-order valence-corrected chi connectivity index (χ3v) is 6.21. The summed E-state index contributed by atoms with van der Waals surface area (Å²) in [5.41, 5.74) is 9.73. The van der Waals surface area contributed by atoms with Crippen LogP contribution in [0.25, 0.3) is 50.1 Å². The van der Waals surface area contributed by atoms with Gasteiger partial charge in [-0.3, -0.25) is 0 Å². The summed E-state index contributed by atoms with van der Waals surface area (Å²) >= 11 is 0. The molecule has 6 rings (SSSR count). The lowest BCUT2D eigenvalue weighted by atomic mass is 9.98. The first kappa shape index (κ1) is 19.3. The zero-order valence-corrected chi connectivity index (χ0v) is 18.2. The van der Waals surface area contributed by atoms with Crippen molar-refractivity contribution in [2.24, 2.45) is 0 Å². The molecule has 0 saturated carbocycles. The number of nitrogens with zero attached hydrogens (tertiary/aromatic N) is 1. The smallest absolute Gasteiger partial charge is 0.0619 e. The molecule has 5 aromatic carbocycles. The van der Waals surface area contributed by atoms with Crippen molar-refractivity contribution >= 4 is 10.9 Å². The van der Waals surface area contributed by atoms with E-state index in [0.29, 0.717) is 0 Å². The van der Waals surface area contributed by atoms with E-state index in [-0.39, 0.29) is 0 Å². The van der Waals surface area contributed by atoms with Gasteiger partial charge in [-0.1, -0.05) is 127 Å². The van der Waals surface area contributed by atoms with Gasteiger partial charge in [0.15, 0.2) is 0 Å². The fraction of sp³-hybridized carbons (Fsp3) is 0. The molecular weight excluding hydrogens is 398 g/mol. The van der Waals surface area contributed by atoms with Gasteiger partial charge >= 0.3 is 0 Å². The predicted molar refractivity (Wildman–Crippen MR) is 140 cm³/mol. The summed E-state index contributed by atoms with van der Waals surface area (Å²) in [6.45, 7) is 0.